The Bertz CT molecular complexity index is 1530. The summed E-state index contributed by atoms with van der Waals surface area (Å²) in [6.07, 6.45) is -4.64. The molecule has 0 saturated carbocycles. The van der Waals surface area contributed by atoms with E-state index in [-0.39, 0.29) is 18.5 Å². The molecule has 0 radical (unpaired) electrons. The molecule has 1 fully saturated rings. The third-order valence-corrected chi connectivity index (χ3v) is 7.50. The highest BCUT2D eigenvalue weighted by atomic mass is 35.5. The molecule has 4 rings (SSSR count). The van der Waals surface area contributed by atoms with Crippen molar-refractivity contribution in [1.29, 1.82) is 0 Å². The van der Waals surface area contributed by atoms with Crippen molar-refractivity contribution >= 4 is 39.5 Å². The zero-order valence-electron chi connectivity index (χ0n) is 20.9. The fourth-order valence-electron chi connectivity index (χ4n) is 4.15. The minimum Gasteiger partial charge on any atom is -0.369 e. The molecule has 1 heterocycles. The number of hydrazine groups is 1. The predicted molar refractivity (Wildman–Crippen MR) is 145 cm³/mol. The number of hydrogen-bond donors (Lipinski definition) is 3. The van der Waals surface area contributed by atoms with Crippen LogP contribution in [0.3, 0.4) is 0 Å². The number of rotatable bonds is 4. The van der Waals surface area contributed by atoms with Gasteiger partial charge in [-0.05, 0) is 47.5 Å². The molecule has 210 valence electrons. The molecule has 0 aromatic heterocycles. The highest BCUT2D eigenvalue weighted by Crippen LogP contribution is 2.37. The number of halogens is 4. The molecule has 0 aliphatic carbocycles. The normalized spacial score (nSPS) is 18.6. The van der Waals surface area contributed by atoms with Crippen molar-refractivity contribution < 1.29 is 26.4 Å². The van der Waals surface area contributed by atoms with E-state index in [0.29, 0.717) is 17.2 Å². The summed E-state index contributed by atoms with van der Waals surface area (Å²) in [5.74, 6) is -1.63. The molecule has 1 amide bonds. The molecule has 1 saturated heterocycles. The van der Waals surface area contributed by atoms with Gasteiger partial charge in [-0.25, -0.2) is 5.43 Å². The quantitative estimate of drug-likeness (QED) is 0.308. The maximum absolute atomic E-state index is 13.2. The number of aliphatic imine (C=N–C) groups is 1. The number of alkyl halides is 3. The van der Waals surface area contributed by atoms with Crippen LogP contribution in [0.15, 0.2) is 93.1 Å². The monoisotopic (exact) mass is 592 g/mol. The second-order valence-corrected chi connectivity index (χ2v) is 10.9. The second-order valence-electron chi connectivity index (χ2n) is 8.85. The molecule has 2 atom stereocenters. The SMILES string of the molecule is CC(=O)N/C(N)=N\C(=N/S(=O)(=O)c1ccc(C(F)(F)F)cc1)N1C[C@H](c2ccccc2)C(c2ccc(Cl)cc2)N1. The van der Waals surface area contributed by atoms with Crippen LogP contribution in [0.5, 0.6) is 0 Å². The number of carbonyl (C=O) groups excluding carboxylic acids is 1. The molecule has 40 heavy (non-hydrogen) atoms. The first-order valence-corrected chi connectivity index (χ1v) is 13.6. The van der Waals surface area contributed by atoms with Gasteiger partial charge in [0.25, 0.3) is 16.0 Å². The lowest BCUT2D eigenvalue weighted by Gasteiger charge is -2.20. The average molecular weight is 593 g/mol. The number of sulfonamides is 1. The van der Waals surface area contributed by atoms with E-state index in [1.807, 2.05) is 42.5 Å². The Morgan fingerprint density at radius 1 is 1.02 bits per heavy atom. The number of amides is 1. The Balaban J connectivity index is 1.77. The van der Waals surface area contributed by atoms with E-state index in [9.17, 15) is 26.4 Å². The first kappa shape index (κ1) is 29.1. The van der Waals surface area contributed by atoms with Crippen molar-refractivity contribution in [3.63, 3.8) is 0 Å². The Labute approximate surface area is 233 Å². The van der Waals surface area contributed by atoms with Gasteiger partial charge in [0.1, 0.15) is 0 Å². The van der Waals surface area contributed by atoms with Crippen LogP contribution in [-0.2, 0) is 21.0 Å². The van der Waals surface area contributed by atoms with E-state index in [1.165, 1.54) is 11.9 Å². The van der Waals surface area contributed by atoms with Gasteiger partial charge in [-0.15, -0.1) is 4.40 Å². The molecule has 9 nitrogen and oxygen atoms in total. The number of nitrogens with two attached hydrogens (primary N) is 1. The molecule has 3 aromatic rings. The Kier molecular flexibility index (Phi) is 8.47. The van der Waals surface area contributed by atoms with Crippen LogP contribution in [-0.4, -0.2) is 37.8 Å². The fraction of sp³-hybridized carbons (Fsp3) is 0.192. The van der Waals surface area contributed by atoms with E-state index in [2.05, 4.69) is 20.1 Å². The maximum Gasteiger partial charge on any atom is 0.416 e. The summed E-state index contributed by atoms with van der Waals surface area (Å²) in [4.78, 5) is 15.1. The molecule has 0 spiro atoms. The van der Waals surface area contributed by atoms with Crippen molar-refractivity contribution in [3.8, 4) is 0 Å². The van der Waals surface area contributed by atoms with Crippen molar-refractivity contribution in [2.75, 3.05) is 6.54 Å². The Morgan fingerprint density at radius 2 is 1.65 bits per heavy atom. The summed E-state index contributed by atoms with van der Waals surface area (Å²) in [6.45, 7) is 1.36. The smallest absolute Gasteiger partial charge is 0.369 e. The van der Waals surface area contributed by atoms with Gasteiger partial charge in [0.05, 0.1) is 16.5 Å². The minimum atomic E-state index is -4.64. The van der Waals surface area contributed by atoms with Crippen molar-refractivity contribution in [2.45, 2.75) is 30.0 Å². The number of nitrogens with zero attached hydrogens (tertiary/aromatic N) is 3. The van der Waals surface area contributed by atoms with Crippen LogP contribution in [0.2, 0.25) is 5.02 Å². The molecule has 1 aliphatic heterocycles. The van der Waals surface area contributed by atoms with Crippen molar-refractivity contribution in [2.24, 2.45) is 15.1 Å². The fourth-order valence-corrected chi connectivity index (χ4v) is 5.22. The predicted octanol–water partition coefficient (Wildman–Crippen LogP) is 4.20. The van der Waals surface area contributed by atoms with E-state index in [1.54, 1.807) is 12.1 Å². The largest absolute Gasteiger partial charge is 0.416 e. The summed E-state index contributed by atoms with van der Waals surface area (Å²) in [5.41, 5.74) is 9.79. The zero-order chi connectivity index (χ0) is 29.1. The Morgan fingerprint density at radius 3 is 2.23 bits per heavy atom. The highest BCUT2D eigenvalue weighted by molar-refractivity contribution is 7.90. The van der Waals surface area contributed by atoms with Gasteiger partial charge < -0.3 is 5.73 Å². The zero-order valence-corrected chi connectivity index (χ0v) is 22.5. The number of hydrogen-bond acceptors (Lipinski definition) is 4. The van der Waals surface area contributed by atoms with Gasteiger partial charge in [0.2, 0.25) is 11.9 Å². The molecular weight excluding hydrogens is 569 g/mol. The van der Waals surface area contributed by atoms with E-state index in [4.69, 9.17) is 17.3 Å². The van der Waals surface area contributed by atoms with E-state index < -0.39 is 44.5 Å². The van der Waals surface area contributed by atoms with E-state index >= 15 is 0 Å². The lowest BCUT2D eigenvalue weighted by Crippen LogP contribution is -2.41. The van der Waals surface area contributed by atoms with Gasteiger partial charge in [0.15, 0.2) is 0 Å². The summed E-state index contributed by atoms with van der Waals surface area (Å²) in [6, 6.07) is 19.1. The van der Waals surface area contributed by atoms with E-state index in [0.717, 1.165) is 23.3 Å². The topological polar surface area (TPSA) is 129 Å². The molecule has 14 heteroatoms. The second kappa shape index (κ2) is 11.7. The molecular formula is C26H24ClF3N6O3S. The van der Waals surface area contributed by atoms with Gasteiger partial charge >= 0.3 is 6.18 Å². The van der Waals surface area contributed by atoms with Crippen LogP contribution < -0.4 is 16.5 Å². The summed E-state index contributed by atoms with van der Waals surface area (Å²) in [7, 11) is -4.56. The van der Waals surface area contributed by atoms with Gasteiger partial charge in [0, 0.05) is 24.4 Å². The van der Waals surface area contributed by atoms with Gasteiger partial charge in [-0.2, -0.15) is 26.6 Å². The Hall–Kier alpha value is -3.94. The van der Waals surface area contributed by atoms with Gasteiger partial charge in [-0.1, -0.05) is 54.1 Å². The summed E-state index contributed by atoms with van der Waals surface area (Å²) in [5, 5.41) is 4.16. The van der Waals surface area contributed by atoms with Crippen LogP contribution in [0.4, 0.5) is 13.2 Å². The molecule has 3 aromatic carbocycles. The average Bonchev–Trinajstić information content (AvgIpc) is 3.34. The third kappa shape index (κ3) is 6.97. The standard InChI is InChI=1S/C26H24ClF3N6O3S/c1-16(37)32-24(31)33-25(35-40(38,39)21-13-9-19(10-14-21)26(28,29)30)36-15-22(17-5-3-2-4-6-17)23(34-36)18-7-11-20(27)12-8-18/h2-14,22-23,34H,15H2,1H3,(H3,31,32,33,35,37)/t22-,23?/m1/s1. The molecule has 4 N–H and O–H groups in total. The minimum absolute atomic E-state index is 0.176. The molecule has 1 aliphatic rings. The molecule has 0 bridgehead atoms. The lowest BCUT2D eigenvalue weighted by molar-refractivity contribution is -0.137. The van der Waals surface area contributed by atoms with Crippen LogP contribution in [0, 0.1) is 0 Å². The molecule has 1 unspecified atom stereocenters. The summed E-state index contributed by atoms with van der Waals surface area (Å²) >= 11 is 6.07. The highest BCUT2D eigenvalue weighted by Gasteiger charge is 2.37. The number of benzene rings is 3. The number of guanidine groups is 2. The first-order chi connectivity index (χ1) is 18.8. The lowest BCUT2D eigenvalue weighted by atomic mass is 9.89. The maximum atomic E-state index is 13.2. The third-order valence-electron chi connectivity index (χ3n) is 5.98. The van der Waals surface area contributed by atoms with Crippen molar-refractivity contribution in [1.82, 2.24) is 15.8 Å². The van der Waals surface area contributed by atoms with Crippen molar-refractivity contribution in [3.05, 3.63) is 101 Å². The van der Waals surface area contributed by atoms with Crippen LogP contribution in [0.1, 0.15) is 35.6 Å². The number of nitrogens with one attached hydrogen (secondary N) is 2. The van der Waals surface area contributed by atoms with Crippen LogP contribution in [0.25, 0.3) is 0 Å². The van der Waals surface area contributed by atoms with Gasteiger partial charge in [-0.3, -0.25) is 15.1 Å². The summed E-state index contributed by atoms with van der Waals surface area (Å²) < 4.78 is 69.1. The van der Waals surface area contributed by atoms with Crippen LogP contribution >= 0.6 is 11.6 Å². The number of carbonyl (C=O) groups is 1. The first-order valence-electron chi connectivity index (χ1n) is 11.8.